The van der Waals surface area contributed by atoms with Gasteiger partial charge >= 0.3 is 0 Å². The van der Waals surface area contributed by atoms with Crippen molar-refractivity contribution in [1.29, 1.82) is 0 Å². The maximum Gasteiger partial charge on any atom is 0.266 e. The summed E-state index contributed by atoms with van der Waals surface area (Å²) in [5, 5.41) is 0.471. The molecule has 0 spiro atoms. The minimum Gasteiger partial charge on any atom is -0.438 e. The summed E-state index contributed by atoms with van der Waals surface area (Å²) < 4.78 is 28.0. The normalized spacial score (nSPS) is 11.2. The van der Waals surface area contributed by atoms with Gasteiger partial charge in [0, 0.05) is 21.9 Å². The van der Waals surface area contributed by atoms with E-state index in [4.69, 9.17) is 27.0 Å². The van der Waals surface area contributed by atoms with Gasteiger partial charge in [-0.3, -0.25) is 0 Å². The number of hydrogen-bond donors (Lipinski definition) is 0. The van der Waals surface area contributed by atoms with Crippen LogP contribution >= 0.6 is 22.3 Å². The Hall–Kier alpha value is -1.30. The number of benzene rings is 1. The number of aromatic nitrogens is 1. The Labute approximate surface area is 114 Å². The van der Waals surface area contributed by atoms with Crippen molar-refractivity contribution in [3.05, 3.63) is 47.6 Å². The molecule has 2 rings (SSSR count). The van der Waals surface area contributed by atoms with Crippen molar-refractivity contribution < 1.29 is 13.2 Å². The molecule has 0 aliphatic carbocycles. The molecule has 94 valence electrons. The van der Waals surface area contributed by atoms with Crippen LogP contribution < -0.4 is 4.74 Å². The van der Waals surface area contributed by atoms with E-state index in [0.717, 1.165) is 0 Å². The van der Waals surface area contributed by atoms with Crippen LogP contribution in [0.3, 0.4) is 0 Å². The lowest BCUT2D eigenvalue weighted by Crippen LogP contribution is -1.97. The molecule has 0 amide bonds. The fourth-order valence-corrected chi connectivity index (χ4v) is 2.36. The fraction of sp³-hybridized carbons (Fsp3) is 0. The van der Waals surface area contributed by atoms with Crippen molar-refractivity contribution in [2.24, 2.45) is 0 Å². The highest BCUT2D eigenvalue weighted by atomic mass is 35.7. The lowest BCUT2D eigenvalue weighted by atomic mass is 10.3. The first-order valence-corrected chi connectivity index (χ1v) is 7.48. The minimum absolute atomic E-state index is 0.0882. The van der Waals surface area contributed by atoms with Crippen LogP contribution in [0.25, 0.3) is 0 Å². The van der Waals surface area contributed by atoms with Crippen molar-refractivity contribution in [3.63, 3.8) is 0 Å². The third kappa shape index (κ3) is 3.13. The van der Waals surface area contributed by atoms with E-state index in [-0.39, 0.29) is 10.8 Å². The standard InChI is InChI=1S/C11H7Cl2NO3S/c12-8-3-1-4-9(7-8)17-11-10(18(13,15)16)5-2-6-14-11/h1-7H. The first-order valence-electron chi connectivity index (χ1n) is 4.80. The van der Waals surface area contributed by atoms with Gasteiger partial charge in [-0.15, -0.1) is 0 Å². The molecule has 1 heterocycles. The Kier molecular flexibility index (Phi) is 3.75. The predicted octanol–water partition coefficient (Wildman–Crippen LogP) is 3.45. The molecule has 0 aliphatic rings. The second-order valence-electron chi connectivity index (χ2n) is 3.30. The number of rotatable bonds is 3. The summed E-state index contributed by atoms with van der Waals surface area (Å²) >= 11 is 5.80. The van der Waals surface area contributed by atoms with Crippen molar-refractivity contribution in [2.45, 2.75) is 4.90 Å². The lowest BCUT2D eigenvalue weighted by Gasteiger charge is -2.07. The molecule has 0 unspecified atom stereocenters. The molecule has 0 radical (unpaired) electrons. The molecular weight excluding hydrogens is 297 g/mol. The predicted molar refractivity (Wildman–Crippen MR) is 68.8 cm³/mol. The first kappa shape index (κ1) is 13.1. The van der Waals surface area contributed by atoms with Crippen LogP contribution in [0.1, 0.15) is 0 Å². The van der Waals surface area contributed by atoms with Crippen LogP contribution in [0.4, 0.5) is 0 Å². The quantitative estimate of drug-likeness (QED) is 0.815. The monoisotopic (exact) mass is 303 g/mol. The van der Waals surface area contributed by atoms with E-state index in [1.807, 2.05) is 0 Å². The van der Waals surface area contributed by atoms with E-state index in [1.54, 1.807) is 24.3 Å². The van der Waals surface area contributed by atoms with E-state index in [2.05, 4.69) is 4.98 Å². The van der Waals surface area contributed by atoms with E-state index in [0.29, 0.717) is 10.8 Å². The average Bonchev–Trinajstić information content (AvgIpc) is 2.28. The summed E-state index contributed by atoms with van der Waals surface area (Å²) in [7, 11) is 1.38. The molecule has 0 atom stereocenters. The maximum absolute atomic E-state index is 11.3. The average molecular weight is 304 g/mol. The van der Waals surface area contributed by atoms with Gasteiger partial charge < -0.3 is 4.74 Å². The zero-order chi connectivity index (χ0) is 13.2. The molecule has 0 bridgehead atoms. The van der Waals surface area contributed by atoms with E-state index in [1.165, 1.54) is 18.3 Å². The Morgan fingerprint density at radius 1 is 1.17 bits per heavy atom. The largest absolute Gasteiger partial charge is 0.438 e. The van der Waals surface area contributed by atoms with Crippen molar-refractivity contribution in [3.8, 4) is 11.6 Å². The summed E-state index contributed by atoms with van der Waals surface area (Å²) in [6.45, 7) is 0. The van der Waals surface area contributed by atoms with Crippen LogP contribution in [-0.2, 0) is 9.05 Å². The van der Waals surface area contributed by atoms with Gasteiger partial charge in [0.15, 0.2) is 0 Å². The number of pyridine rings is 1. The van der Waals surface area contributed by atoms with E-state index < -0.39 is 9.05 Å². The highest BCUT2D eigenvalue weighted by Crippen LogP contribution is 2.29. The van der Waals surface area contributed by atoms with Gasteiger partial charge in [0.05, 0.1) is 0 Å². The third-order valence-electron chi connectivity index (χ3n) is 2.01. The van der Waals surface area contributed by atoms with E-state index in [9.17, 15) is 8.42 Å². The Morgan fingerprint density at radius 3 is 2.61 bits per heavy atom. The fourth-order valence-electron chi connectivity index (χ4n) is 1.28. The van der Waals surface area contributed by atoms with Crippen LogP contribution in [0, 0.1) is 0 Å². The molecule has 4 nitrogen and oxygen atoms in total. The van der Waals surface area contributed by atoms with Gasteiger partial charge in [-0.25, -0.2) is 13.4 Å². The Bertz CT molecular complexity index is 673. The SMILES string of the molecule is O=S(=O)(Cl)c1cccnc1Oc1cccc(Cl)c1. The number of nitrogens with zero attached hydrogens (tertiary/aromatic N) is 1. The highest BCUT2D eigenvalue weighted by molar-refractivity contribution is 8.13. The van der Waals surface area contributed by atoms with Crippen LogP contribution in [0.15, 0.2) is 47.5 Å². The molecule has 0 N–H and O–H groups in total. The van der Waals surface area contributed by atoms with Crippen molar-refractivity contribution in [2.75, 3.05) is 0 Å². The summed E-state index contributed by atoms with van der Waals surface area (Å²) in [5.74, 6) is 0.289. The molecule has 0 aliphatic heterocycles. The third-order valence-corrected chi connectivity index (χ3v) is 3.58. The maximum atomic E-state index is 11.3. The van der Waals surface area contributed by atoms with E-state index >= 15 is 0 Å². The zero-order valence-electron chi connectivity index (χ0n) is 8.88. The van der Waals surface area contributed by atoms with Crippen LogP contribution in [0.2, 0.25) is 5.02 Å². The summed E-state index contributed by atoms with van der Waals surface area (Å²) in [6.07, 6.45) is 1.41. The van der Waals surface area contributed by atoms with Gasteiger partial charge in [-0.1, -0.05) is 17.7 Å². The van der Waals surface area contributed by atoms with Gasteiger partial charge in [-0.2, -0.15) is 0 Å². The molecule has 7 heteroatoms. The number of halogens is 2. The molecule has 0 saturated carbocycles. The first-order chi connectivity index (χ1) is 8.47. The zero-order valence-corrected chi connectivity index (χ0v) is 11.2. The molecule has 0 saturated heterocycles. The smallest absolute Gasteiger partial charge is 0.266 e. The minimum atomic E-state index is -3.91. The van der Waals surface area contributed by atoms with Crippen LogP contribution in [0.5, 0.6) is 11.6 Å². The van der Waals surface area contributed by atoms with Gasteiger partial charge in [-0.05, 0) is 30.3 Å². The molecule has 1 aromatic heterocycles. The van der Waals surface area contributed by atoms with Crippen molar-refractivity contribution >= 4 is 31.3 Å². The molecular formula is C11H7Cl2NO3S. The summed E-state index contributed by atoms with van der Waals surface area (Å²) in [4.78, 5) is 3.65. The number of ether oxygens (including phenoxy) is 1. The van der Waals surface area contributed by atoms with Gasteiger partial charge in [0.1, 0.15) is 10.6 Å². The topological polar surface area (TPSA) is 56.3 Å². The molecule has 0 fully saturated rings. The van der Waals surface area contributed by atoms with Gasteiger partial charge in [0.25, 0.3) is 9.05 Å². The highest BCUT2D eigenvalue weighted by Gasteiger charge is 2.18. The second kappa shape index (κ2) is 5.14. The molecule has 2 aromatic rings. The summed E-state index contributed by atoms with van der Waals surface area (Å²) in [6, 6.07) is 9.29. The Morgan fingerprint density at radius 2 is 1.94 bits per heavy atom. The van der Waals surface area contributed by atoms with Crippen molar-refractivity contribution in [1.82, 2.24) is 4.98 Å². The molecule has 18 heavy (non-hydrogen) atoms. The van der Waals surface area contributed by atoms with Gasteiger partial charge in [0.2, 0.25) is 5.88 Å². The second-order valence-corrected chi connectivity index (χ2v) is 6.27. The Balaban J connectivity index is 2.41. The number of hydrogen-bond acceptors (Lipinski definition) is 4. The summed E-state index contributed by atoms with van der Waals surface area (Å²) in [5.41, 5.74) is 0. The van der Waals surface area contributed by atoms with Crippen LogP contribution in [-0.4, -0.2) is 13.4 Å². The molecule has 1 aromatic carbocycles. The lowest BCUT2D eigenvalue weighted by molar-refractivity contribution is 0.448.